The Morgan fingerprint density at radius 1 is 1.04 bits per heavy atom. The van der Waals surface area contributed by atoms with Crippen molar-refractivity contribution in [2.24, 2.45) is 0 Å². The van der Waals surface area contributed by atoms with Crippen molar-refractivity contribution in [2.75, 3.05) is 13.2 Å². The zero-order chi connectivity index (χ0) is 16.9. The smallest absolute Gasteiger partial charge is 0.422 e. The summed E-state index contributed by atoms with van der Waals surface area (Å²) in [6.07, 6.45) is -5.80. The van der Waals surface area contributed by atoms with E-state index in [1.807, 2.05) is 30.3 Å². The minimum absolute atomic E-state index is 0.0283. The van der Waals surface area contributed by atoms with Gasteiger partial charge in [0.05, 0.1) is 0 Å². The first-order chi connectivity index (χ1) is 10.8. The van der Waals surface area contributed by atoms with E-state index in [4.69, 9.17) is 0 Å². The van der Waals surface area contributed by atoms with Crippen LogP contribution in [-0.4, -0.2) is 31.2 Å². The molecule has 0 bridgehead atoms. The molecule has 23 heavy (non-hydrogen) atoms. The van der Waals surface area contributed by atoms with Crippen LogP contribution in [0.25, 0.3) is 10.8 Å². The predicted octanol–water partition coefficient (Wildman–Crippen LogP) is 3.70. The number of ketones is 1. The Morgan fingerprint density at radius 3 is 2.43 bits per heavy atom. The molecule has 0 unspecified atom stereocenters. The highest BCUT2D eigenvalue weighted by Gasteiger charge is 2.29. The molecule has 4 nitrogen and oxygen atoms in total. The molecule has 0 spiro atoms. The Kier molecular flexibility index (Phi) is 5.20. The lowest BCUT2D eigenvalue weighted by atomic mass is 10.0. The van der Waals surface area contributed by atoms with Crippen LogP contribution < -0.4 is 5.32 Å². The summed E-state index contributed by atoms with van der Waals surface area (Å²) in [4.78, 5) is 23.1. The molecule has 0 aliphatic carbocycles. The molecule has 0 saturated carbocycles. The summed E-state index contributed by atoms with van der Waals surface area (Å²) in [5.41, 5.74) is 0.481. The second-order valence-corrected chi connectivity index (χ2v) is 4.85. The average molecular weight is 325 g/mol. The maximum Gasteiger partial charge on any atom is 0.422 e. The SMILES string of the molecule is O=C(NCCC(=O)c1ccc2ccccc2c1)OCC(F)(F)F. The number of halogens is 3. The van der Waals surface area contributed by atoms with Crippen molar-refractivity contribution in [3.8, 4) is 0 Å². The molecular weight excluding hydrogens is 311 g/mol. The van der Waals surface area contributed by atoms with E-state index in [2.05, 4.69) is 10.1 Å². The third-order valence-electron chi connectivity index (χ3n) is 3.06. The number of carbonyl (C=O) groups excluding carboxylic acids is 2. The lowest BCUT2D eigenvalue weighted by molar-refractivity contribution is -0.160. The van der Waals surface area contributed by atoms with Gasteiger partial charge in [-0.05, 0) is 16.8 Å². The zero-order valence-corrected chi connectivity index (χ0v) is 12.0. The highest BCUT2D eigenvalue weighted by Crippen LogP contribution is 2.17. The Balaban J connectivity index is 1.83. The Hall–Kier alpha value is -2.57. The number of hydrogen-bond acceptors (Lipinski definition) is 3. The van der Waals surface area contributed by atoms with Gasteiger partial charge in [-0.15, -0.1) is 0 Å². The van der Waals surface area contributed by atoms with Crippen LogP contribution in [0.15, 0.2) is 42.5 Å². The fourth-order valence-corrected chi connectivity index (χ4v) is 1.98. The summed E-state index contributed by atoms with van der Waals surface area (Å²) in [7, 11) is 0. The van der Waals surface area contributed by atoms with Crippen molar-refractivity contribution in [3.63, 3.8) is 0 Å². The monoisotopic (exact) mass is 325 g/mol. The number of alkyl carbamates (subject to hydrolysis) is 1. The topological polar surface area (TPSA) is 55.4 Å². The van der Waals surface area contributed by atoms with Crippen LogP contribution in [0.5, 0.6) is 0 Å². The van der Waals surface area contributed by atoms with Gasteiger partial charge in [0.15, 0.2) is 12.4 Å². The van der Waals surface area contributed by atoms with Crippen molar-refractivity contribution in [1.29, 1.82) is 0 Å². The number of nitrogens with one attached hydrogen (secondary N) is 1. The van der Waals surface area contributed by atoms with Crippen molar-refractivity contribution in [2.45, 2.75) is 12.6 Å². The average Bonchev–Trinajstić information content (AvgIpc) is 2.51. The Labute approximate surface area is 130 Å². The van der Waals surface area contributed by atoms with Crippen LogP contribution in [0.1, 0.15) is 16.8 Å². The number of fused-ring (bicyclic) bond motifs is 1. The quantitative estimate of drug-likeness (QED) is 0.853. The molecule has 1 amide bonds. The molecule has 1 N–H and O–H groups in total. The number of hydrogen-bond donors (Lipinski definition) is 1. The largest absolute Gasteiger partial charge is 0.440 e. The van der Waals surface area contributed by atoms with E-state index in [0.717, 1.165) is 10.8 Å². The summed E-state index contributed by atoms with van der Waals surface area (Å²) in [6, 6.07) is 12.8. The molecule has 0 radical (unpaired) electrons. The van der Waals surface area contributed by atoms with Gasteiger partial charge in [-0.2, -0.15) is 13.2 Å². The zero-order valence-electron chi connectivity index (χ0n) is 12.0. The van der Waals surface area contributed by atoms with Crippen LogP contribution in [-0.2, 0) is 4.74 Å². The lowest BCUT2D eigenvalue weighted by Crippen LogP contribution is -2.30. The number of rotatable bonds is 5. The van der Waals surface area contributed by atoms with Gasteiger partial charge < -0.3 is 10.1 Å². The molecule has 0 fully saturated rings. The van der Waals surface area contributed by atoms with E-state index < -0.39 is 18.9 Å². The van der Waals surface area contributed by atoms with Gasteiger partial charge in [0, 0.05) is 18.5 Å². The maximum absolute atomic E-state index is 12.0. The summed E-state index contributed by atoms with van der Waals surface area (Å²) in [5, 5.41) is 4.02. The van der Waals surface area contributed by atoms with E-state index in [0.29, 0.717) is 5.56 Å². The van der Waals surface area contributed by atoms with E-state index in [9.17, 15) is 22.8 Å². The van der Waals surface area contributed by atoms with Gasteiger partial charge in [0.2, 0.25) is 0 Å². The Bertz CT molecular complexity index is 713. The van der Waals surface area contributed by atoms with E-state index in [1.165, 1.54) is 0 Å². The summed E-state index contributed by atoms with van der Waals surface area (Å²) in [5.74, 6) is -0.216. The fraction of sp³-hybridized carbons (Fsp3) is 0.250. The molecule has 0 aromatic heterocycles. The van der Waals surface area contributed by atoms with Gasteiger partial charge in [-0.25, -0.2) is 4.79 Å². The van der Waals surface area contributed by atoms with Crippen LogP contribution in [0, 0.1) is 0 Å². The normalized spacial score (nSPS) is 11.3. The lowest BCUT2D eigenvalue weighted by Gasteiger charge is -2.09. The predicted molar refractivity (Wildman–Crippen MR) is 78.3 cm³/mol. The second kappa shape index (κ2) is 7.13. The Morgan fingerprint density at radius 2 is 1.74 bits per heavy atom. The number of alkyl halides is 3. The molecule has 122 valence electrons. The summed E-state index contributed by atoms with van der Waals surface area (Å²) >= 11 is 0. The van der Waals surface area contributed by atoms with Crippen LogP contribution >= 0.6 is 0 Å². The first kappa shape index (κ1) is 16.8. The molecule has 0 atom stereocenters. The molecule has 0 heterocycles. The van der Waals surface area contributed by atoms with Crippen LogP contribution in [0.3, 0.4) is 0 Å². The minimum Gasteiger partial charge on any atom is -0.440 e. The first-order valence-corrected chi connectivity index (χ1v) is 6.84. The van der Waals surface area contributed by atoms with Crippen LogP contribution in [0.4, 0.5) is 18.0 Å². The minimum atomic E-state index is -4.57. The van der Waals surface area contributed by atoms with Crippen LogP contribution in [0.2, 0.25) is 0 Å². The van der Waals surface area contributed by atoms with Gasteiger partial charge in [-0.3, -0.25) is 4.79 Å². The van der Waals surface area contributed by atoms with Crippen molar-refractivity contribution in [1.82, 2.24) is 5.32 Å². The van der Waals surface area contributed by atoms with Gasteiger partial charge >= 0.3 is 12.3 Å². The molecule has 0 saturated heterocycles. The number of amides is 1. The summed E-state index contributed by atoms with van der Waals surface area (Å²) in [6.45, 7) is -1.75. The standard InChI is InChI=1S/C16H14F3NO3/c17-16(18,19)10-23-15(22)20-8-7-14(21)13-6-5-11-3-1-2-4-12(11)9-13/h1-6,9H,7-8,10H2,(H,20,22). The number of benzene rings is 2. The van der Waals surface area contributed by atoms with Gasteiger partial charge in [-0.1, -0.05) is 36.4 Å². The number of Topliss-reactive ketones (excluding diaryl/α,β-unsaturated/α-hetero) is 1. The fourth-order valence-electron chi connectivity index (χ4n) is 1.98. The van der Waals surface area contributed by atoms with Gasteiger partial charge in [0.25, 0.3) is 0 Å². The molecule has 2 aromatic carbocycles. The number of ether oxygens (including phenoxy) is 1. The molecule has 2 aromatic rings. The third kappa shape index (κ3) is 5.28. The van der Waals surface area contributed by atoms with E-state index >= 15 is 0 Å². The summed E-state index contributed by atoms with van der Waals surface area (Å²) < 4.78 is 39.5. The first-order valence-electron chi connectivity index (χ1n) is 6.84. The highest BCUT2D eigenvalue weighted by molar-refractivity contribution is 6.00. The molecule has 0 aliphatic heterocycles. The molecule has 0 aliphatic rings. The van der Waals surface area contributed by atoms with Crippen molar-refractivity contribution >= 4 is 22.6 Å². The maximum atomic E-state index is 12.0. The highest BCUT2D eigenvalue weighted by atomic mass is 19.4. The number of carbonyl (C=O) groups is 2. The van der Waals surface area contributed by atoms with Crippen molar-refractivity contribution in [3.05, 3.63) is 48.0 Å². The second-order valence-electron chi connectivity index (χ2n) is 4.85. The molecule has 2 rings (SSSR count). The van der Waals surface area contributed by atoms with Crippen molar-refractivity contribution < 1.29 is 27.5 Å². The third-order valence-corrected chi connectivity index (χ3v) is 3.06. The molecular formula is C16H14F3NO3. The van der Waals surface area contributed by atoms with E-state index in [1.54, 1.807) is 12.1 Å². The van der Waals surface area contributed by atoms with E-state index in [-0.39, 0.29) is 18.7 Å². The molecule has 7 heteroatoms. The van der Waals surface area contributed by atoms with Gasteiger partial charge in [0.1, 0.15) is 0 Å².